The van der Waals surface area contributed by atoms with Crippen molar-refractivity contribution in [3.63, 3.8) is 0 Å². The van der Waals surface area contributed by atoms with Crippen molar-refractivity contribution in [3.05, 3.63) is 17.5 Å². The average Bonchev–Trinajstić information content (AvgIpc) is 3.48. The molecule has 0 fully saturated rings. The van der Waals surface area contributed by atoms with Crippen molar-refractivity contribution in [1.29, 1.82) is 0 Å². The number of hydrogen-bond donors (Lipinski definition) is 5. The molecule has 4 amide bonds. The van der Waals surface area contributed by atoms with Crippen molar-refractivity contribution in [2.24, 2.45) is 29.6 Å². The lowest BCUT2D eigenvalue weighted by molar-refractivity contribution is -0.132. The molecular weight excluding hydrogens is 717 g/mol. The van der Waals surface area contributed by atoms with Gasteiger partial charge in [-0.1, -0.05) is 103 Å². The normalized spacial score (nSPS) is 15.0. The Balaban J connectivity index is 0.00000544. The first-order valence-corrected chi connectivity index (χ1v) is 22.0. The van der Waals surface area contributed by atoms with Gasteiger partial charge in [-0.15, -0.1) is 0 Å². The fraction of sp³-hybridized carbons (Fsp3) is 0.833. The smallest absolute Gasteiger partial charge is 0.407 e. The lowest BCUT2D eigenvalue weighted by Gasteiger charge is -2.30. The zero-order chi connectivity index (χ0) is 42.5. The highest BCUT2D eigenvalue weighted by atomic mass is 32.2. The molecule has 1 aromatic heterocycles. The minimum Gasteiger partial charge on any atom is -0.448 e. The minimum atomic E-state index is -1.03. The van der Waals surface area contributed by atoms with Gasteiger partial charge in [0.1, 0.15) is 18.7 Å². The summed E-state index contributed by atoms with van der Waals surface area (Å²) in [5.74, 6) is 0.576. The van der Waals surface area contributed by atoms with Crippen LogP contribution < -0.4 is 21.3 Å². The summed E-state index contributed by atoms with van der Waals surface area (Å²) in [6.45, 7) is 29.7. The number of alkyl carbamates (subject to hydrolysis) is 1. The van der Waals surface area contributed by atoms with Gasteiger partial charge in [-0.2, -0.15) is 16.9 Å². The molecule has 55 heavy (non-hydrogen) atoms. The third-order valence-electron chi connectivity index (χ3n) is 9.46. The van der Waals surface area contributed by atoms with Crippen molar-refractivity contribution < 1.29 is 29.0 Å². The van der Waals surface area contributed by atoms with Crippen LogP contribution in [0.1, 0.15) is 140 Å². The van der Waals surface area contributed by atoms with Crippen LogP contribution >= 0.6 is 11.8 Å². The molecule has 0 aliphatic heterocycles. The first kappa shape index (κ1) is 52.2. The predicted molar refractivity (Wildman–Crippen MR) is 227 cm³/mol. The molecule has 5 N–H and O–H groups in total. The summed E-state index contributed by atoms with van der Waals surface area (Å²) >= 11 is 1.55. The third kappa shape index (κ3) is 22.5. The third-order valence-corrected chi connectivity index (χ3v) is 10.1. The van der Waals surface area contributed by atoms with Crippen LogP contribution in [0.3, 0.4) is 0 Å². The van der Waals surface area contributed by atoms with Gasteiger partial charge < -0.3 is 31.1 Å². The second-order valence-corrected chi connectivity index (χ2v) is 18.4. The van der Waals surface area contributed by atoms with Crippen LogP contribution in [-0.2, 0) is 31.1 Å². The number of ether oxygens (including phenoxy) is 1. The van der Waals surface area contributed by atoms with E-state index in [4.69, 9.17) is 4.74 Å². The molecule has 0 spiro atoms. The van der Waals surface area contributed by atoms with Crippen LogP contribution in [0.4, 0.5) is 4.79 Å². The number of rotatable bonds is 23. The van der Waals surface area contributed by atoms with Gasteiger partial charge in [0, 0.05) is 23.6 Å². The summed E-state index contributed by atoms with van der Waals surface area (Å²) in [5, 5.41) is 27.4. The van der Waals surface area contributed by atoms with Crippen LogP contribution in [0.15, 0.2) is 6.07 Å². The highest BCUT2D eigenvalue weighted by molar-refractivity contribution is 7.98. The number of amides is 4. The maximum atomic E-state index is 13.6. The van der Waals surface area contributed by atoms with Crippen LogP contribution in [0.2, 0.25) is 0 Å². The topological polar surface area (TPSA) is 164 Å². The van der Waals surface area contributed by atoms with E-state index in [1.807, 2.05) is 51.6 Å². The van der Waals surface area contributed by atoms with E-state index in [1.54, 1.807) is 18.7 Å². The highest BCUT2D eigenvalue weighted by Gasteiger charge is 2.31. The Morgan fingerprint density at radius 1 is 0.836 bits per heavy atom. The molecule has 1 heterocycles. The molecule has 0 saturated carbocycles. The highest BCUT2D eigenvalue weighted by Crippen LogP contribution is 2.23. The van der Waals surface area contributed by atoms with E-state index in [9.17, 15) is 24.3 Å². The van der Waals surface area contributed by atoms with Crippen molar-refractivity contribution in [2.75, 3.05) is 25.2 Å². The van der Waals surface area contributed by atoms with Crippen LogP contribution in [0.5, 0.6) is 0 Å². The van der Waals surface area contributed by atoms with Gasteiger partial charge in [-0.05, 0) is 74.4 Å². The number of thioether (sulfide) groups is 1. The maximum absolute atomic E-state index is 13.6. The second kappa shape index (κ2) is 26.9. The predicted octanol–water partition coefficient (Wildman–Crippen LogP) is 7.00. The molecule has 0 aromatic carbocycles. The Labute approximate surface area is 338 Å². The number of carbonyl (C=O) groups excluding carboxylic acids is 4. The van der Waals surface area contributed by atoms with Crippen LogP contribution in [-0.4, -0.2) is 88.1 Å². The number of carbonyl (C=O) groups is 4. The van der Waals surface area contributed by atoms with Gasteiger partial charge in [-0.3, -0.25) is 19.1 Å². The molecule has 1 rings (SSSR count). The molecule has 320 valence electrons. The van der Waals surface area contributed by atoms with E-state index in [0.717, 1.165) is 23.7 Å². The maximum Gasteiger partial charge on any atom is 0.407 e. The van der Waals surface area contributed by atoms with E-state index in [2.05, 4.69) is 81.8 Å². The summed E-state index contributed by atoms with van der Waals surface area (Å²) in [6.07, 6.45) is 3.84. The average molecular weight is 797 g/mol. The van der Waals surface area contributed by atoms with E-state index in [1.165, 1.54) is 6.42 Å². The molecule has 0 aliphatic rings. The molecule has 1 unspecified atom stereocenters. The van der Waals surface area contributed by atoms with Crippen molar-refractivity contribution in [3.8, 4) is 0 Å². The zero-order valence-corrected chi connectivity index (χ0v) is 38.0. The van der Waals surface area contributed by atoms with E-state index >= 15 is 0 Å². The van der Waals surface area contributed by atoms with E-state index in [-0.39, 0.29) is 42.1 Å². The number of aliphatic hydroxyl groups is 1. The largest absolute Gasteiger partial charge is 0.448 e. The number of aliphatic hydroxyl groups excluding tert-OH is 1. The molecular formula is C42H80N6O6S. The standard InChI is InChI=1S/C37H68N6O6S.C5H12/c1-13-25(6)22-38-34(46)30(19-24(4)5)40-33(45)26(7)20-31(44)29(18-23(2)3)39-35(47)28(14-17-50-12)41-36(48)49-16-15-43-32(37(9,10)11)21-27(8)42-43;1-4-5(2)3/h21,23-26,28-31,44H,13-20,22H2,1-12H3,(H,38,46)(H,39,47)(H,40,45)(H,41,48);5H,4H2,1-3H3/t25?,26-,28+,29+,30+,31+;/m1./s1. The lowest BCUT2D eigenvalue weighted by Crippen LogP contribution is -2.54. The van der Waals surface area contributed by atoms with Gasteiger partial charge in [0.2, 0.25) is 17.7 Å². The molecule has 0 aliphatic carbocycles. The molecule has 0 saturated heterocycles. The SMILES string of the molecule is CCC(C)C.CCC(C)CNC(=O)[C@H](CC(C)C)NC(=O)[C@H](C)C[C@H](O)[C@H](CC(C)C)NC(=O)[C@H](CCSC)NC(=O)OCCn1nc(C)cc1C(C)(C)C. The summed E-state index contributed by atoms with van der Waals surface area (Å²) in [4.78, 5) is 52.6. The first-order chi connectivity index (χ1) is 25.5. The summed E-state index contributed by atoms with van der Waals surface area (Å²) in [5.41, 5.74) is 1.80. The van der Waals surface area contributed by atoms with Crippen molar-refractivity contribution >= 4 is 35.6 Å². The number of aromatic nitrogens is 2. The lowest BCUT2D eigenvalue weighted by atomic mass is 9.91. The molecule has 0 bridgehead atoms. The van der Waals surface area contributed by atoms with Crippen molar-refractivity contribution in [1.82, 2.24) is 31.0 Å². The van der Waals surface area contributed by atoms with Gasteiger partial charge >= 0.3 is 6.09 Å². The number of hydrogen-bond acceptors (Lipinski definition) is 8. The Morgan fingerprint density at radius 3 is 1.95 bits per heavy atom. The van der Waals surface area contributed by atoms with Gasteiger partial charge in [-0.25, -0.2) is 4.79 Å². The Hall–Kier alpha value is -2.80. The Bertz CT molecular complexity index is 1260. The van der Waals surface area contributed by atoms with Gasteiger partial charge in [0.05, 0.1) is 24.4 Å². The second-order valence-electron chi connectivity index (χ2n) is 17.5. The fourth-order valence-electron chi connectivity index (χ4n) is 5.53. The summed E-state index contributed by atoms with van der Waals surface area (Å²) in [7, 11) is 0. The number of nitrogens with one attached hydrogen (secondary N) is 4. The zero-order valence-electron chi connectivity index (χ0n) is 37.1. The minimum absolute atomic E-state index is 0.0824. The van der Waals surface area contributed by atoms with E-state index < -0.39 is 42.1 Å². The number of nitrogens with zero attached hydrogens (tertiary/aromatic N) is 2. The van der Waals surface area contributed by atoms with Gasteiger partial charge in [0.25, 0.3) is 0 Å². The molecule has 1 aromatic rings. The Morgan fingerprint density at radius 2 is 1.44 bits per heavy atom. The first-order valence-electron chi connectivity index (χ1n) is 20.6. The van der Waals surface area contributed by atoms with Gasteiger partial charge in [0.15, 0.2) is 0 Å². The molecule has 6 atom stereocenters. The van der Waals surface area contributed by atoms with Crippen LogP contribution in [0, 0.1) is 36.5 Å². The Kier molecular flexibility index (Phi) is 25.6. The number of aryl methyl sites for hydroxylation is 1. The van der Waals surface area contributed by atoms with Crippen LogP contribution in [0.25, 0.3) is 0 Å². The monoisotopic (exact) mass is 797 g/mol. The molecule has 12 nitrogen and oxygen atoms in total. The molecule has 0 radical (unpaired) electrons. The quantitative estimate of drug-likeness (QED) is 0.0791. The van der Waals surface area contributed by atoms with Crippen molar-refractivity contribution in [2.45, 2.75) is 172 Å². The summed E-state index contributed by atoms with van der Waals surface area (Å²) < 4.78 is 7.30. The summed E-state index contributed by atoms with van der Waals surface area (Å²) in [6, 6.07) is -0.183. The fourth-order valence-corrected chi connectivity index (χ4v) is 6.00. The molecule has 13 heteroatoms. The van der Waals surface area contributed by atoms with E-state index in [0.29, 0.717) is 44.0 Å².